The van der Waals surface area contributed by atoms with Crippen LogP contribution in [0, 0.1) is 5.82 Å². The second-order valence-electron chi connectivity index (χ2n) is 5.85. The molecule has 1 aliphatic heterocycles. The van der Waals surface area contributed by atoms with Crippen LogP contribution >= 0.6 is 0 Å². The van der Waals surface area contributed by atoms with Crippen LogP contribution in [-0.2, 0) is 6.54 Å². The Balaban J connectivity index is 1.74. The standard InChI is InChI=1S/C17H20FN3O/c18-15-6-4-14(5-7-15)16-8-9-17(22)21(19-16)13-12-20-10-2-1-3-11-20/h4-9H,1-3,10-13H2/p+1. The third kappa shape index (κ3) is 3.60. The van der Waals surface area contributed by atoms with Crippen molar-refractivity contribution < 1.29 is 9.29 Å². The molecule has 0 unspecified atom stereocenters. The van der Waals surface area contributed by atoms with Gasteiger partial charge in [0.25, 0.3) is 5.56 Å². The van der Waals surface area contributed by atoms with Crippen LogP contribution in [0.15, 0.2) is 41.2 Å². The SMILES string of the molecule is O=c1ccc(-c2ccc(F)cc2)nn1CC[NH+]1CCCCC1. The van der Waals surface area contributed by atoms with Crippen molar-refractivity contribution >= 4 is 0 Å². The number of benzene rings is 1. The molecule has 0 atom stereocenters. The zero-order chi connectivity index (χ0) is 15.4. The summed E-state index contributed by atoms with van der Waals surface area (Å²) in [5.74, 6) is -0.272. The number of likely N-dealkylation sites (tertiary alicyclic amines) is 1. The summed E-state index contributed by atoms with van der Waals surface area (Å²) in [6.45, 7) is 3.93. The minimum absolute atomic E-state index is 0.0812. The van der Waals surface area contributed by atoms with Gasteiger partial charge in [-0.3, -0.25) is 4.79 Å². The van der Waals surface area contributed by atoms with Gasteiger partial charge in [-0.05, 0) is 49.6 Å². The fourth-order valence-corrected chi connectivity index (χ4v) is 2.95. The number of nitrogens with zero attached hydrogens (tertiary/aromatic N) is 2. The number of quaternary nitrogens is 1. The molecule has 0 spiro atoms. The summed E-state index contributed by atoms with van der Waals surface area (Å²) in [4.78, 5) is 13.5. The molecule has 4 nitrogen and oxygen atoms in total. The van der Waals surface area contributed by atoms with Crippen molar-refractivity contribution in [1.29, 1.82) is 0 Å². The van der Waals surface area contributed by atoms with Crippen LogP contribution in [0.25, 0.3) is 11.3 Å². The van der Waals surface area contributed by atoms with Gasteiger partial charge in [0.15, 0.2) is 0 Å². The lowest BCUT2D eigenvalue weighted by Gasteiger charge is -2.23. The summed E-state index contributed by atoms with van der Waals surface area (Å²) in [5.41, 5.74) is 1.44. The number of rotatable bonds is 4. The van der Waals surface area contributed by atoms with Gasteiger partial charge in [0.1, 0.15) is 5.82 Å². The average molecular weight is 302 g/mol. The van der Waals surface area contributed by atoms with E-state index in [1.54, 1.807) is 23.1 Å². The van der Waals surface area contributed by atoms with E-state index in [2.05, 4.69) is 5.10 Å². The molecule has 2 heterocycles. The Hall–Kier alpha value is -2.01. The molecular weight excluding hydrogens is 281 g/mol. The van der Waals surface area contributed by atoms with Crippen LogP contribution in [0.5, 0.6) is 0 Å². The van der Waals surface area contributed by atoms with E-state index in [0.29, 0.717) is 12.2 Å². The van der Waals surface area contributed by atoms with Crippen LogP contribution in [0.1, 0.15) is 19.3 Å². The van der Waals surface area contributed by atoms with E-state index in [-0.39, 0.29) is 11.4 Å². The van der Waals surface area contributed by atoms with Gasteiger partial charge in [0, 0.05) is 11.6 Å². The Morgan fingerprint density at radius 1 is 1.05 bits per heavy atom. The second-order valence-corrected chi connectivity index (χ2v) is 5.85. The Labute approximate surface area is 129 Å². The van der Waals surface area contributed by atoms with E-state index in [9.17, 15) is 9.18 Å². The number of hydrogen-bond acceptors (Lipinski definition) is 2. The predicted octanol–water partition coefficient (Wildman–Crippen LogP) is 1.12. The number of aromatic nitrogens is 2. The molecule has 1 aromatic heterocycles. The number of halogens is 1. The Bertz CT molecular complexity index is 675. The van der Waals surface area contributed by atoms with Gasteiger partial charge < -0.3 is 4.90 Å². The first-order valence-electron chi connectivity index (χ1n) is 7.90. The van der Waals surface area contributed by atoms with Crippen LogP contribution in [0.2, 0.25) is 0 Å². The number of nitrogens with one attached hydrogen (secondary N) is 1. The zero-order valence-corrected chi connectivity index (χ0v) is 12.6. The first-order valence-corrected chi connectivity index (χ1v) is 7.90. The molecule has 1 aromatic carbocycles. The maximum absolute atomic E-state index is 13.0. The van der Waals surface area contributed by atoms with Crippen LogP contribution < -0.4 is 10.5 Å². The van der Waals surface area contributed by atoms with Crippen molar-refractivity contribution in [3.8, 4) is 11.3 Å². The number of hydrogen-bond donors (Lipinski definition) is 1. The third-order valence-electron chi connectivity index (χ3n) is 4.24. The topological polar surface area (TPSA) is 39.3 Å². The summed E-state index contributed by atoms with van der Waals surface area (Å²) in [7, 11) is 0. The smallest absolute Gasteiger partial charge is 0.266 e. The average Bonchev–Trinajstić information content (AvgIpc) is 2.56. The van der Waals surface area contributed by atoms with Crippen LogP contribution in [0.4, 0.5) is 4.39 Å². The van der Waals surface area contributed by atoms with Crippen molar-refractivity contribution in [3.63, 3.8) is 0 Å². The molecule has 0 aliphatic carbocycles. The molecule has 1 saturated heterocycles. The van der Waals surface area contributed by atoms with E-state index in [1.165, 1.54) is 55.2 Å². The predicted molar refractivity (Wildman–Crippen MR) is 83.3 cm³/mol. The Kier molecular flexibility index (Phi) is 4.63. The van der Waals surface area contributed by atoms with Crippen molar-refractivity contribution in [1.82, 2.24) is 9.78 Å². The van der Waals surface area contributed by atoms with Crippen molar-refractivity contribution in [2.45, 2.75) is 25.8 Å². The molecule has 5 heteroatoms. The molecule has 0 radical (unpaired) electrons. The summed E-state index contributed by atoms with van der Waals surface area (Å²) in [6.07, 6.45) is 3.86. The van der Waals surface area contributed by atoms with Gasteiger partial charge in [-0.2, -0.15) is 5.10 Å². The van der Waals surface area contributed by atoms with E-state index in [1.807, 2.05) is 0 Å². The molecule has 1 fully saturated rings. The Morgan fingerprint density at radius 2 is 1.77 bits per heavy atom. The van der Waals surface area contributed by atoms with E-state index >= 15 is 0 Å². The molecule has 1 N–H and O–H groups in total. The molecule has 22 heavy (non-hydrogen) atoms. The zero-order valence-electron chi connectivity index (χ0n) is 12.6. The third-order valence-corrected chi connectivity index (χ3v) is 4.24. The van der Waals surface area contributed by atoms with Crippen LogP contribution in [-0.4, -0.2) is 29.4 Å². The Morgan fingerprint density at radius 3 is 2.50 bits per heavy atom. The largest absolute Gasteiger partial charge is 0.333 e. The van der Waals surface area contributed by atoms with Crippen molar-refractivity contribution in [2.24, 2.45) is 0 Å². The molecule has 116 valence electrons. The van der Waals surface area contributed by atoms with Gasteiger partial charge in [-0.15, -0.1) is 0 Å². The van der Waals surface area contributed by atoms with E-state index in [4.69, 9.17) is 0 Å². The fraction of sp³-hybridized carbons (Fsp3) is 0.412. The molecule has 1 aliphatic rings. The maximum atomic E-state index is 13.0. The highest BCUT2D eigenvalue weighted by molar-refractivity contribution is 5.57. The molecule has 3 rings (SSSR count). The van der Waals surface area contributed by atoms with E-state index < -0.39 is 0 Å². The monoisotopic (exact) mass is 302 g/mol. The molecule has 0 bridgehead atoms. The fourth-order valence-electron chi connectivity index (χ4n) is 2.95. The van der Waals surface area contributed by atoms with Crippen molar-refractivity contribution in [3.05, 3.63) is 52.6 Å². The lowest BCUT2D eigenvalue weighted by Crippen LogP contribution is -3.13. The van der Waals surface area contributed by atoms with Crippen LogP contribution in [0.3, 0.4) is 0 Å². The molecule has 0 amide bonds. The minimum Gasteiger partial charge on any atom is -0.333 e. The van der Waals surface area contributed by atoms with Gasteiger partial charge >= 0.3 is 0 Å². The van der Waals surface area contributed by atoms with Gasteiger partial charge in [-0.25, -0.2) is 9.07 Å². The maximum Gasteiger partial charge on any atom is 0.266 e. The molecule has 2 aromatic rings. The lowest BCUT2D eigenvalue weighted by atomic mass is 10.1. The first-order chi connectivity index (χ1) is 10.7. The van der Waals surface area contributed by atoms with Gasteiger partial charge in [-0.1, -0.05) is 0 Å². The molecular formula is C17H21FN3O+. The minimum atomic E-state index is -0.272. The highest BCUT2D eigenvalue weighted by Crippen LogP contribution is 2.15. The van der Waals surface area contributed by atoms with Gasteiger partial charge in [0.05, 0.1) is 31.9 Å². The highest BCUT2D eigenvalue weighted by atomic mass is 19.1. The summed E-state index contributed by atoms with van der Waals surface area (Å²) >= 11 is 0. The lowest BCUT2D eigenvalue weighted by molar-refractivity contribution is -0.905. The first kappa shape index (κ1) is 14.9. The summed E-state index contributed by atoms with van der Waals surface area (Å²) in [5, 5.41) is 4.42. The second kappa shape index (κ2) is 6.83. The van der Waals surface area contributed by atoms with Crippen molar-refractivity contribution in [2.75, 3.05) is 19.6 Å². The highest BCUT2D eigenvalue weighted by Gasteiger charge is 2.13. The normalized spacial score (nSPS) is 15.9. The number of piperidine rings is 1. The summed E-state index contributed by atoms with van der Waals surface area (Å²) < 4.78 is 14.5. The quantitative estimate of drug-likeness (QED) is 0.919. The molecule has 0 saturated carbocycles. The van der Waals surface area contributed by atoms with Gasteiger partial charge in [0.2, 0.25) is 0 Å². The summed E-state index contributed by atoms with van der Waals surface area (Å²) in [6, 6.07) is 9.41. The van der Waals surface area contributed by atoms with E-state index in [0.717, 1.165) is 12.1 Å².